The van der Waals surface area contributed by atoms with Crippen LogP contribution < -0.4 is 10.7 Å². The van der Waals surface area contributed by atoms with Crippen molar-refractivity contribution in [2.75, 3.05) is 18.7 Å². The van der Waals surface area contributed by atoms with Crippen molar-refractivity contribution in [3.05, 3.63) is 18.1 Å². The lowest BCUT2D eigenvalue weighted by atomic mass is 10.2. The first kappa shape index (κ1) is 13.4. The molecule has 9 heteroatoms. The van der Waals surface area contributed by atoms with E-state index in [0.717, 1.165) is 10.9 Å². The highest BCUT2D eigenvalue weighted by atomic mass is 16.5. The Hall–Kier alpha value is -2.23. The minimum atomic E-state index is -0.712. The highest BCUT2D eigenvalue weighted by Crippen LogP contribution is 2.36. The Kier molecular flexibility index (Phi) is 2.83. The van der Waals surface area contributed by atoms with Gasteiger partial charge in [-0.2, -0.15) is 5.10 Å². The predicted octanol–water partition coefficient (Wildman–Crippen LogP) is -0.858. The molecule has 116 valence electrons. The molecular formula is C13H16N6O3. The number of ether oxygens (including phenoxy) is 1. The van der Waals surface area contributed by atoms with Crippen LogP contribution in [0.2, 0.25) is 0 Å². The number of amidine groups is 1. The Morgan fingerprint density at radius 1 is 1.45 bits per heavy atom. The monoisotopic (exact) mass is 304 g/mol. The van der Waals surface area contributed by atoms with Gasteiger partial charge in [-0.05, 0) is 0 Å². The lowest BCUT2D eigenvalue weighted by Gasteiger charge is -2.18. The van der Waals surface area contributed by atoms with Crippen molar-refractivity contribution >= 4 is 22.7 Å². The van der Waals surface area contributed by atoms with Gasteiger partial charge < -0.3 is 25.3 Å². The quantitative estimate of drug-likeness (QED) is 0.660. The lowest BCUT2D eigenvalue weighted by Crippen LogP contribution is -2.25. The summed E-state index contributed by atoms with van der Waals surface area (Å²) in [5.74, 6) is 1.05. The van der Waals surface area contributed by atoms with E-state index in [1.807, 2.05) is 10.8 Å². The van der Waals surface area contributed by atoms with Gasteiger partial charge in [-0.25, -0.2) is 15.0 Å². The van der Waals surface area contributed by atoms with Gasteiger partial charge >= 0.3 is 0 Å². The van der Waals surface area contributed by atoms with Crippen LogP contribution in [-0.2, 0) is 4.74 Å². The van der Waals surface area contributed by atoms with Gasteiger partial charge in [0.1, 0.15) is 24.3 Å². The minimum Gasteiger partial charge on any atom is -0.394 e. The summed E-state index contributed by atoms with van der Waals surface area (Å²) in [6.45, 7) is -0.226. The Labute approximate surface area is 125 Å². The number of anilines is 1. The molecule has 0 radical (unpaired) electrons. The highest BCUT2D eigenvalue weighted by Gasteiger charge is 2.36. The number of rotatable bonds is 2. The number of nitrogens with zero attached hydrogens (tertiary/aromatic N) is 5. The van der Waals surface area contributed by atoms with Crippen LogP contribution in [0.25, 0.3) is 11.0 Å². The van der Waals surface area contributed by atoms with E-state index in [2.05, 4.69) is 15.1 Å². The molecule has 1 saturated heterocycles. The Bertz CT molecular complexity index is 772. The number of hydrogen-bond donors (Lipinski definition) is 3. The minimum absolute atomic E-state index is 0.226. The number of hydrogen-bond acceptors (Lipinski definition) is 8. The Morgan fingerprint density at radius 2 is 2.27 bits per heavy atom. The normalized spacial score (nSPS) is 27.5. The molecule has 0 bridgehead atoms. The molecule has 0 aliphatic carbocycles. The fourth-order valence-electron chi connectivity index (χ4n) is 3.04. The molecule has 2 aromatic rings. The molecule has 2 aliphatic heterocycles. The molecule has 0 amide bonds. The fourth-order valence-corrected chi connectivity index (χ4v) is 3.04. The van der Waals surface area contributed by atoms with Gasteiger partial charge in [0.25, 0.3) is 0 Å². The second-order valence-corrected chi connectivity index (χ2v) is 5.47. The Balaban J connectivity index is 1.87. The van der Waals surface area contributed by atoms with Crippen LogP contribution in [0.4, 0.5) is 5.82 Å². The van der Waals surface area contributed by atoms with Gasteiger partial charge in [-0.3, -0.25) is 0 Å². The maximum atomic E-state index is 9.93. The van der Waals surface area contributed by atoms with E-state index >= 15 is 0 Å². The van der Waals surface area contributed by atoms with Crippen LogP contribution in [0.3, 0.4) is 0 Å². The zero-order chi connectivity index (χ0) is 15.4. The molecule has 22 heavy (non-hydrogen) atoms. The number of aliphatic hydroxyl groups excluding tert-OH is 2. The number of aliphatic hydroxyl groups is 2. The van der Waals surface area contributed by atoms with Crippen LogP contribution >= 0.6 is 0 Å². The van der Waals surface area contributed by atoms with Crippen molar-refractivity contribution in [3.63, 3.8) is 0 Å². The van der Waals surface area contributed by atoms with E-state index in [-0.39, 0.29) is 6.61 Å². The largest absolute Gasteiger partial charge is 0.394 e. The van der Waals surface area contributed by atoms with Gasteiger partial charge in [0.15, 0.2) is 11.7 Å². The van der Waals surface area contributed by atoms with Crippen molar-refractivity contribution in [2.45, 2.75) is 24.9 Å². The van der Waals surface area contributed by atoms with Crippen LogP contribution in [-0.4, -0.2) is 56.4 Å². The van der Waals surface area contributed by atoms with Gasteiger partial charge in [0.2, 0.25) is 0 Å². The molecule has 4 N–H and O–H groups in total. The van der Waals surface area contributed by atoms with E-state index in [1.54, 1.807) is 12.1 Å². The van der Waals surface area contributed by atoms with Crippen molar-refractivity contribution in [1.29, 1.82) is 0 Å². The number of nitrogens with two attached hydrogens (primary N) is 1. The Morgan fingerprint density at radius 3 is 3.00 bits per heavy atom. The van der Waals surface area contributed by atoms with Crippen molar-refractivity contribution in [1.82, 2.24) is 14.5 Å². The summed E-state index contributed by atoms with van der Waals surface area (Å²) >= 11 is 0. The molecule has 4 rings (SSSR count). The van der Waals surface area contributed by atoms with E-state index in [4.69, 9.17) is 10.5 Å². The topological polar surface area (TPSA) is 122 Å². The van der Waals surface area contributed by atoms with Crippen LogP contribution in [0.1, 0.15) is 18.2 Å². The molecule has 4 heterocycles. The maximum absolute atomic E-state index is 9.93. The molecule has 2 aliphatic rings. The zero-order valence-electron chi connectivity index (χ0n) is 11.9. The lowest BCUT2D eigenvalue weighted by molar-refractivity contribution is -0.0430. The van der Waals surface area contributed by atoms with Crippen LogP contribution in [0, 0.1) is 0 Å². The smallest absolute Gasteiger partial charge is 0.162 e. The molecule has 9 nitrogen and oxygen atoms in total. The van der Waals surface area contributed by atoms with E-state index in [1.165, 1.54) is 6.33 Å². The standard InChI is InChI=1S/C13H16N6O3/c1-18-12-10-6(11(14)17-18)3-19(13(10)16-5-15-12)9-2-7(21)8(4-20)22-9/h3,5,7-9,20-21H,2,4H2,1H3,(H2,14,17)/t7-,8+,9+/m0/s1. The molecule has 3 atom stereocenters. The predicted molar refractivity (Wildman–Crippen MR) is 78.3 cm³/mol. The third-order valence-corrected chi connectivity index (χ3v) is 4.12. The third-order valence-electron chi connectivity index (χ3n) is 4.12. The highest BCUT2D eigenvalue weighted by molar-refractivity contribution is 6.13. The summed E-state index contributed by atoms with van der Waals surface area (Å²) in [5.41, 5.74) is 7.41. The zero-order valence-corrected chi connectivity index (χ0v) is 11.9. The second-order valence-electron chi connectivity index (χ2n) is 5.47. The fraction of sp³-hybridized carbons (Fsp3) is 0.462. The van der Waals surface area contributed by atoms with Gasteiger partial charge in [0.05, 0.1) is 18.1 Å². The third kappa shape index (κ3) is 1.73. The summed E-state index contributed by atoms with van der Waals surface area (Å²) in [6.07, 6.45) is 1.93. The van der Waals surface area contributed by atoms with Gasteiger partial charge in [-0.15, -0.1) is 0 Å². The first-order chi connectivity index (χ1) is 10.6. The van der Waals surface area contributed by atoms with Crippen LogP contribution in [0.15, 0.2) is 17.6 Å². The molecule has 0 unspecified atom stereocenters. The number of hydrazone groups is 1. The maximum Gasteiger partial charge on any atom is 0.162 e. The molecule has 0 aromatic carbocycles. The summed E-state index contributed by atoms with van der Waals surface area (Å²) in [4.78, 5) is 8.57. The van der Waals surface area contributed by atoms with E-state index < -0.39 is 18.4 Å². The van der Waals surface area contributed by atoms with Gasteiger partial charge in [-0.1, -0.05) is 0 Å². The average Bonchev–Trinajstić information content (AvgIpc) is 3.06. The van der Waals surface area contributed by atoms with Crippen molar-refractivity contribution in [2.24, 2.45) is 10.8 Å². The summed E-state index contributed by atoms with van der Waals surface area (Å²) in [5, 5.41) is 25.8. The number of aromatic nitrogens is 3. The SMILES string of the molecule is CN1N=C(N)c2cn([C@H]3C[C@H](O)[C@@H](CO)O3)c3ncnc1c23. The van der Waals surface area contributed by atoms with Crippen LogP contribution in [0.5, 0.6) is 0 Å². The summed E-state index contributed by atoms with van der Waals surface area (Å²) in [7, 11) is 1.77. The van der Waals surface area contributed by atoms with E-state index in [9.17, 15) is 10.2 Å². The van der Waals surface area contributed by atoms with Crippen molar-refractivity contribution in [3.8, 4) is 0 Å². The summed E-state index contributed by atoms with van der Waals surface area (Å²) in [6, 6.07) is 0. The van der Waals surface area contributed by atoms with E-state index in [0.29, 0.717) is 23.7 Å². The molecule has 1 fully saturated rings. The second kappa shape index (κ2) is 4.63. The average molecular weight is 304 g/mol. The van der Waals surface area contributed by atoms with Gasteiger partial charge in [0, 0.05) is 25.2 Å². The van der Waals surface area contributed by atoms with Crippen molar-refractivity contribution < 1.29 is 14.9 Å². The molecule has 0 spiro atoms. The summed E-state index contributed by atoms with van der Waals surface area (Å²) < 4.78 is 7.52. The molecule has 2 aromatic heterocycles. The molecular weight excluding hydrogens is 288 g/mol. The first-order valence-electron chi connectivity index (χ1n) is 6.98. The first-order valence-corrected chi connectivity index (χ1v) is 6.98. The molecule has 0 saturated carbocycles.